The van der Waals surface area contributed by atoms with Gasteiger partial charge < -0.3 is 15.3 Å². The van der Waals surface area contributed by atoms with Crippen LogP contribution in [0.15, 0.2) is 29.4 Å². The minimum absolute atomic E-state index is 0.0723. The van der Waals surface area contributed by atoms with Crippen LogP contribution >= 0.6 is 0 Å². The van der Waals surface area contributed by atoms with Crippen LogP contribution in [0.2, 0.25) is 0 Å². The van der Waals surface area contributed by atoms with Crippen LogP contribution in [0.5, 0.6) is 5.75 Å². The molecule has 0 aliphatic rings. The normalized spacial score (nSPS) is 11.1. The van der Waals surface area contributed by atoms with Crippen LogP contribution in [0.4, 0.5) is 0 Å². The molecule has 0 bridgehead atoms. The van der Waals surface area contributed by atoms with Gasteiger partial charge in [-0.3, -0.25) is 0 Å². The Hall–Kier alpha value is -1.55. The lowest BCUT2D eigenvalue weighted by Crippen LogP contribution is -2.11. The summed E-state index contributed by atoms with van der Waals surface area (Å²) in [4.78, 5) is 0. The molecule has 0 aliphatic heterocycles. The van der Waals surface area contributed by atoms with Gasteiger partial charge in [0.15, 0.2) is 0 Å². The van der Waals surface area contributed by atoms with Gasteiger partial charge in [-0.05, 0) is 18.1 Å². The highest BCUT2D eigenvalue weighted by Crippen LogP contribution is 2.16. The molecule has 0 heterocycles. The molecule has 4 heteroatoms. The molecule has 0 spiro atoms. The Balaban J connectivity index is 2.60. The third-order valence-electron chi connectivity index (χ3n) is 2.01. The lowest BCUT2D eigenvalue weighted by atomic mass is 10.2. The number of hydrogen-bond acceptors (Lipinski definition) is 4. The van der Waals surface area contributed by atoms with Crippen molar-refractivity contribution in [2.45, 2.75) is 13.8 Å². The van der Waals surface area contributed by atoms with Crippen LogP contribution in [0.3, 0.4) is 0 Å². The molecule has 0 amide bonds. The van der Waals surface area contributed by atoms with E-state index in [1.807, 2.05) is 24.3 Å². The quantitative estimate of drug-likeness (QED) is 0.430. The maximum absolute atomic E-state index is 8.60. The van der Waals surface area contributed by atoms with Crippen LogP contribution in [0.1, 0.15) is 19.4 Å². The van der Waals surface area contributed by atoms with Crippen molar-refractivity contribution in [3.63, 3.8) is 0 Å². The number of nitrogens with one attached hydrogen (secondary N) is 1. The number of hydrazone groups is 1. The van der Waals surface area contributed by atoms with Gasteiger partial charge in [0.25, 0.3) is 0 Å². The summed E-state index contributed by atoms with van der Waals surface area (Å²) in [7, 11) is 0. The van der Waals surface area contributed by atoms with E-state index in [2.05, 4.69) is 24.4 Å². The minimum Gasteiger partial charge on any atom is -0.493 e. The Morgan fingerprint density at radius 3 is 2.88 bits per heavy atom. The van der Waals surface area contributed by atoms with Gasteiger partial charge in [0.1, 0.15) is 5.75 Å². The molecule has 0 unspecified atom stereocenters. The van der Waals surface area contributed by atoms with Crippen molar-refractivity contribution in [1.29, 1.82) is 0 Å². The molecule has 0 radical (unpaired) electrons. The molecule has 0 fully saturated rings. The van der Waals surface area contributed by atoms with Gasteiger partial charge in [0.05, 0.1) is 26.0 Å². The first-order valence-corrected chi connectivity index (χ1v) is 5.82. The Labute approximate surface area is 102 Å². The number of para-hydroxylation sites is 1. The Bertz CT molecular complexity index is 351. The van der Waals surface area contributed by atoms with Gasteiger partial charge in [0, 0.05) is 5.56 Å². The molecular weight excluding hydrogens is 216 g/mol. The molecule has 0 atom stereocenters. The van der Waals surface area contributed by atoms with E-state index in [0.717, 1.165) is 11.3 Å². The van der Waals surface area contributed by atoms with Crippen molar-refractivity contribution in [2.24, 2.45) is 11.0 Å². The maximum Gasteiger partial charge on any atom is 0.128 e. The number of rotatable bonds is 7. The Morgan fingerprint density at radius 2 is 2.18 bits per heavy atom. The van der Waals surface area contributed by atoms with Gasteiger partial charge in [-0.25, -0.2) is 0 Å². The minimum atomic E-state index is 0.0723. The zero-order valence-electron chi connectivity index (χ0n) is 10.4. The summed E-state index contributed by atoms with van der Waals surface area (Å²) in [6.45, 7) is 5.43. The Morgan fingerprint density at radius 1 is 1.41 bits per heavy atom. The molecule has 0 saturated heterocycles. The van der Waals surface area contributed by atoms with Crippen LogP contribution in [0.25, 0.3) is 0 Å². The second kappa shape index (κ2) is 7.68. The standard InChI is InChI=1S/C13H20N2O2/c1-11(2)10-17-13-6-4-3-5-12(13)9-15-14-7-8-16/h3-6,9,11,14,16H,7-8,10H2,1-2H3. The van der Waals surface area contributed by atoms with E-state index in [0.29, 0.717) is 19.1 Å². The van der Waals surface area contributed by atoms with Gasteiger partial charge >= 0.3 is 0 Å². The average Bonchev–Trinajstić information content (AvgIpc) is 2.33. The van der Waals surface area contributed by atoms with Crippen LogP contribution in [-0.2, 0) is 0 Å². The lowest BCUT2D eigenvalue weighted by molar-refractivity contribution is 0.270. The van der Waals surface area contributed by atoms with Gasteiger partial charge in [-0.15, -0.1) is 0 Å². The number of benzene rings is 1. The smallest absolute Gasteiger partial charge is 0.128 e. The first-order chi connectivity index (χ1) is 8.24. The molecular formula is C13H20N2O2. The summed E-state index contributed by atoms with van der Waals surface area (Å²) in [5.74, 6) is 1.32. The summed E-state index contributed by atoms with van der Waals surface area (Å²) in [6, 6.07) is 7.75. The SMILES string of the molecule is CC(C)COc1ccccc1C=NNCCO. The summed E-state index contributed by atoms with van der Waals surface area (Å²) in [6.07, 6.45) is 1.70. The third-order valence-corrected chi connectivity index (χ3v) is 2.01. The molecule has 2 N–H and O–H groups in total. The highest BCUT2D eigenvalue weighted by molar-refractivity contribution is 5.83. The molecule has 17 heavy (non-hydrogen) atoms. The fourth-order valence-electron chi connectivity index (χ4n) is 1.20. The second-order valence-electron chi connectivity index (χ2n) is 4.13. The molecule has 1 aromatic rings. The average molecular weight is 236 g/mol. The first kappa shape index (κ1) is 13.5. The van der Waals surface area contributed by atoms with E-state index in [1.54, 1.807) is 6.21 Å². The van der Waals surface area contributed by atoms with Gasteiger partial charge in [-0.1, -0.05) is 26.0 Å². The van der Waals surface area contributed by atoms with Gasteiger partial charge in [-0.2, -0.15) is 5.10 Å². The summed E-state index contributed by atoms with van der Waals surface area (Å²) in [5, 5.41) is 12.6. The van der Waals surface area contributed by atoms with Crippen molar-refractivity contribution < 1.29 is 9.84 Å². The topological polar surface area (TPSA) is 53.8 Å². The maximum atomic E-state index is 8.60. The second-order valence-corrected chi connectivity index (χ2v) is 4.13. The zero-order valence-corrected chi connectivity index (χ0v) is 10.4. The molecule has 94 valence electrons. The molecule has 0 aromatic heterocycles. The number of aliphatic hydroxyl groups is 1. The highest BCUT2D eigenvalue weighted by Gasteiger charge is 2.01. The van der Waals surface area contributed by atoms with Crippen molar-refractivity contribution in [2.75, 3.05) is 19.8 Å². The van der Waals surface area contributed by atoms with E-state index in [-0.39, 0.29) is 6.61 Å². The first-order valence-electron chi connectivity index (χ1n) is 5.82. The summed E-state index contributed by atoms with van der Waals surface area (Å²) >= 11 is 0. The van der Waals surface area contributed by atoms with Crippen molar-refractivity contribution in [1.82, 2.24) is 5.43 Å². The summed E-state index contributed by atoms with van der Waals surface area (Å²) in [5.41, 5.74) is 3.67. The fourth-order valence-corrected chi connectivity index (χ4v) is 1.20. The predicted molar refractivity (Wildman–Crippen MR) is 69.5 cm³/mol. The zero-order chi connectivity index (χ0) is 12.5. The van der Waals surface area contributed by atoms with Crippen molar-refractivity contribution >= 4 is 6.21 Å². The molecule has 4 nitrogen and oxygen atoms in total. The fraction of sp³-hybridized carbons (Fsp3) is 0.462. The lowest BCUT2D eigenvalue weighted by Gasteiger charge is -2.10. The van der Waals surface area contributed by atoms with E-state index in [1.165, 1.54) is 0 Å². The predicted octanol–water partition coefficient (Wildman–Crippen LogP) is 1.64. The molecule has 1 rings (SSSR count). The number of nitrogens with zero attached hydrogens (tertiary/aromatic N) is 1. The van der Waals surface area contributed by atoms with Crippen molar-refractivity contribution in [3.8, 4) is 5.75 Å². The number of hydrogen-bond donors (Lipinski definition) is 2. The van der Waals surface area contributed by atoms with E-state index in [9.17, 15) is 0 Å². The number of ether oxygens (including phenoxy) is 1. The third kappa shape index (κ3) is 5.36. The highest BCUT2D eigenvalue weighted by atomic mass is 16.5. The van der Waals surface area contributed by atoms with Crippen molar-refractivity contribution in [3.05, 3.63) is 29.8 Å². The van der Waals surface area contributed by atoms with E-state index < -0.39 is 0 Å². The molecule has 0 aliphatic carbocycles. The number of aliphatic hydroxyl groups excluding tert-OH is 1. The largest absolute Gasteiger partial charge is 0.493 e. The van der Waals surface area contributed by atoms with E-state index >= 15 is 0 Å². The van der Waals surface area contributed by atoms with E-state index in [4.69, 9.17) is 9.84 Å². The monoisotopic (exact) mass is 236 g/mol. The molecule has 1 aromatic carbocycles. The molecule has 0 saturated carbocycles. The summed E-state index contributed by atoms with van der Waals surface area (Å²) < 4.78 is 5.69. The Kier molecular flexibility index (Phi) is 6.10. The van der Waals surface area contributed by atoms with Crippen LogP contribution in [-0.4, -0.2) is 31.1 Å². The van der Waals surface area contributed by atoms with Gasteiger partial charge in [0.2, 0.25) is 0 Å². The van der Waals surface area contributed by atoms with Crippen LogP contribution < -0.4 is 10.2 Å². The van der Waals surface area contributed by atoms with Crippen LogP contribution in [0, 0.1) is 5.92 Å².